The lowest BCUT2D eigenvalue weighted by Gasteiger charge is -2.36. The fourth-order valence-electron chi connectivity index (χ4n) is 3.36. The average Bonchev–Trinajstić information content (AvgIpc) is 2.76. The van der Waals surface area contributed by atoms with E-state index in [1.165, 1.54) is 0 Å². The topological polar surface area (TPSA) is 138 Å². The molecule has 162 valence electrons. The summed E-state index contributed by atoms with van der Waals surface area (Å²) in [4.78, 5) is 0. The highest BCUT2D eigenvalue weighted by Gasteiger charge is 2.37. The largest absolute Gasteiger partial charge is 0.486 e. The summed E-state index contributed by atoms with van der Waals surface area (Å²) in [5.74, 6) is 0.567. The molecule has 2 aromatic rings. The number of halogens is 1. The number of hydrogen-bond acceptors (Lipinski definition) is 7. The van der Waals surface area contributed by atoms with Gasteiger partial charge in [0.25, 0.3) is 0 Å². The maximum absolute atomic E-state index is 10.1. The van der Waals surface area contributed by atoms with Crippen molar-refractivity contribution in [2.24, 2.45) is 10.9 Å². The predicted molar refractivity (Wildman–Crippen MR) is 111 cm³/mol. The second-order valence-corrected chi connectivity index (χ2v) is 7.60. The van der Waals surface area contributed by atoms with Gasteiger partial charge in [0.2, 0.25) is 0 Å². The van der Waals surface area contributed by atoms with Crippen molar-refractivity contribution in [3.05, 3.63) is 64.2 Å². The lowest BCUT2D eigenvalue weighted by atomic mass is 9.92. The van der Waals surface area contributed by atoms with Crippen LogP contribution >= 0.6 is 11.6 Å². The van der Waals surface area contributed by atoms with Crippen molar-refractivity contribution in [3.8, 4) is 5.75 Å². The summed E-state index contributed by atoms with van der Waals surface area (Å²) in [5.41, 5.74) is 8.08. The summed E-state index contributed by atoms with van der Waals surface area (Å²) in [5, 5.41) is 41.4. The highest BCUT2D eigenvalue weighted by Crippen LogP contribution is 2.34. The van der Waals surface area contributed by atoms with Crippen molar-refractivity contribution >= 4 is 17.4 Å². The van der Waals surface area contributed by atoms with Crippen LogP contribution in [0.4, 0.5) is 0 Å². The van der Waals surface area contributed by atoms with Gasteiger partial charge in [-0.1, -0.05) is 41.0 Å². The van der Waals surface area contributed by atoms with Crippen LogP contribution in [-0.4, -0.2) is 57.9 Å². The number of hydrogen-bond donors (Lipinski definition) is 5. The fraction of sp³-hybridized carbons (Fsp3) is 0.381. The molecule has 2 aromatic carbocycles. The minimum Gasteiger partial charge on any atom is -0.486 e. The monoisotopic (exact) mass is 436 g/mol. The third kappa shape index (κ3) is 5.41. The van der Waals surface area contributed by atoms with E-state index in [9.17, 15) is 15.3 Å². The number of aliphatic hydroxyl groups excluding tert-OH is 3. The molecule has 4 atom stereocenters. The molecule has 8 nitrogen and oxygen atoms in total. The lowest BCUT2D eigenvalue weighted by molar-refractivity contribution is -0.181. The van der Waals surface area contributed by atoms with Crippen LogP contribution in [0.25, 0.3) is 0 Å². The maximum atomic E-state index is 10.1. The molecule has 1 saturated heterocycles. The van der Waals surface area contributed by atoms with E-state index < -0.39 is 24.4 Å². The molecule has 3 rings (SSSR count). The zero-order chi connectivity index (χ0) is 21.7. The molecule has 0 aliphatic carbocycles. The third-order valence-corrected chi connectivity index (χ3v) is 5.39. The Kier molecular flexibility index (Phi) is 7.52. The molecule has 0 radical (unpaired) electrons. The molecule has 1 fully saturated rings. The maximum Gasteiger partial charge on any atom is 0.177 e. The molecular weight excluding hydrogens is 412 g/mol. The van der Waals surface area contributed by atoms with Gasteiger partial charge in [0.05, 0.1) is 18.8 Å². The van der Waals surface area contributed by atoms with E-state index in [2.05, 4.69) is 5.16 Å². The highest BCUT2D eigenvalue weighted by atomic mass is 35.5. The van der Waals surface area contributed by atoms with Crippen LogP contribution in [0.5, 0.6) is 5.75 Å². The van der Waals surface area contributed by atoms with Gasteiger partial charge in [0, 0.05) is 11.4 Å². The van der Waals surface area contributed by atoms with Gasteiger partial charge in [-0.2, -0.15) is 0 Å². The van der Waals surface area contributed by atoms with Gasteiger partial charge < -0.3 is 35.7 Å². The standard InChI is InChI=1S/C21H25ClN2O6/c22-16-6-3-13(18-9-17(26)21(27)19(10-25)30-18)8-14(16)7-12-1-4-15(5-2-12)29-11-20(23)24-28/h1-6,8,17-19,21,25-28H,7,9-11H2,(H2,23,24)/t17?,18?,19?,21-/m0/s1. The van der Waals surface area contributed by atoms with Crippen LogP contribution < -0.4 is 10.5 Å². The molecule has 3 unspecified atom stereocenters. The predicted octanol–water partition coefficient (Wildman–Crippen LogP) is 1.60. The lowest BCUT2D eigenvalue weighted by Crippen LogP contribution is -2.47. The minimum absolute atomic E-state index is 0.0134. The van der Waals surface area contributed by atoms with Crippen LogP contribution in [0.15, 0.2) is 47.6 Å². The third-order valence-electron chi connectivity index (χ3n) is 5.02. The van der Waals surface area contributed by atoms with Crippen LogP contribution in [0.3, 0.4) is 0 Å². The first kappa shape index (κ1) is 22.3. The van der Waals surface area contributed by atoms with Crippen LogP contribution in [0.2, 0.25) is 5.02 Å². The van der Waals surface area contributed by atoms with Crippen molar-refractivity contribution < 1.29 is 30.0 Å². The molecule has 0 bridgehead atoms. The Balaban J connectivity index is 1.71. The Morgan fingerprint density at radius 2 is 1.93 bits per heavy atom. The van der Waals surface area contributed by atoms with Gasteiger partial charge >= 0.3 is 0 Å². The van der Waals surface area contributed by atoms with E-state index in [1.54, 1.807) is 18.2 Å². The van der Waals surface area contributed by atoms with Crippen molar-refractivity contribution in [1.29, 1.82) is 0 Å². The number of oxime groups is 1. The van der Waals surface area contributed by atoms with Gasteiger partial charge in [-0.3, -0.25) is 0 Å². The summed E-state index contributed by atoms with van der Waals surface area (Å²) in [6, 6.07) is 12.9. The molecule has 6 N–H and O–H groups in total. The minimum atomic E-state index is -1.11. The Hall–Kier alpha value is -2.36. The Bertz CT molecular complexity index is 876. The molecular formula is C21H25ClN2O6. The molecule has 30 heavy (non-hydrogen) atoms. The van der Waals surface area contributed by atoms with Gasteiger partial charge in [-0.05, 0) is 41.3 Å². The van der Waals surface area contributed by atoms with Crippen molar-refractivity contribution in [2.75, 3.05) is 13.2 Å². The number of aliphatic hydroxyl groups is 3. The Labute approximate surface area is 179 Å². The molecule has 1 aliphatic heterocycles. The first-order chi connectivity index (χ1) is 14.4. The summed E-state index contributed by atoms with van der Waals surface area (Å²) < 4.78 is 11.2. The van der Waals surface area contributed by atoms with Crippen LogP contribution in [0.1, 0.15) is 29.2 Å². The number of nitrogens with two attached hydrogens (primary N) is 1. The second kappa shape index (κ2) is 10.1. The normalized spacial score (nSPS) is 24.6. The fourth-order valence-corrected chi connectivity index (χ4v) is 3.54. The molecule has 0 saturated carbocycles. The van der Waals surface area contributed by atoms with Crippen LogP contribution in [-0.2, 0) is 11.2 Å². The summed E-state index contributed by atoms with van der Waals surface area (Å²) >= 11 is 6.38. The zero-order valence-corrected chi connectivity index (χ0v) is 16.9. The van der Waals surface area contributed by atoms with E-state index in [0.29, 0.717) is 17.2 Å². The van der Waals surface area contributed by atoms with E-state index in [-0.39, 0.29) is 25.5 Å². The molecule has 0 aromatic heterocycles. The molecule has 9 heteroatoms. The summed E-state index contributed by atoms with van der Waals surface area (Å²) in [6.45, 7) is -0.389. The van der Waals surface area contributed by atoms with Gasteiger partial charge in [0.1, 0.15) is 24.6 Å². The first-order valence-electron chi connectivity index (χ1n) is 9.50. The smallest absolute Gasteiger partial charge is 0.177 e. The van der Waals surface area contributed by atoms with E-state index in [1.807, 2.05) is 24.3 Å². The highest BCUT2D eigenvalue weighted by molar-refractivity contribution is 6.31. The molecule has 1 heterocycles. The van der Waals surface area contributed by atoms with Gasteiger partial charge in [0.15, 0.2) is 5.84 Å². The van der Waals surface area contributed by atoms with E-state index in [0.717, 1.165) is 16.7 Å². The first-order valence-corrected chi connectivity index (χ1v) is 9.88. The van der Waals surface area contributed by atoms with Crippen LogP contribution in [0, 0.1) is 0 Å². The van der Waals surface area contributed by atoms with E-state index >= 15 is 0 Å². The van der Waals surface area contributed by atoms with Gasteiger partial charge in [-0.25, -0.2) is 0 Å². The number of amidine groups is 1. The average molecular weight is 437 g/mol. The summed E-state index contributed by atoms with van der Waals surface area (Å²) in [6.07, 6.45) is -2.59. The quantitative estimate of drug-likeness (QED) is 0.192. The second-order valence-electron chi connectivity index (χ2n) is 7.19. The zero-order valence-electron chi connectivity index (χ0n) is 16.2. The number of benzene rings is 2. The number of nitrogens with zero attached hydrogens (tertiary/aromatic N) is 1. The number of rotatable bonds is 7. The van der Waals surface area contributed by atoms with E-state index in [4.69, 9.17) is 32.0 Å². The van der Waals surface area contributed by atoms with Crippen molar-refractivity contribution in [3.63, 3.8) is 0 Å². The molecule has 1 aliphatic rings. The van der Waals surface area contributed by atoms with Gasteiger partial charge in [-0.15, -0.1) is 0 Å². The number of ether oxygens (including phenoxy) is 2. The van der Waals surface area contributed by atoms with Crippen molar-refractivity contribution in [1.82, 2.24) is 0 Å². The van der Waals surface area contributed by atoms with Crippen molar-refractivity contribution in [2.45, 2.75) is 37.3 Å². The molecule has 0 amide bonds. The Morgan fingerprint density at radius 3 is 2.60 bits per heavy atom. The molecule has 0 spiro atoms. The Morgan fingerprint density at radius 1 is 1.20 bits per heavy atom. The summed E-state index contributed by atoms with van der Waals surface area (Å²) in [7, 11) is 0. The SMILES string of the molecule is N/C(COc1ccc(Cc2cc(C3CC(O)[C@H](O)C(CO)O3)ccc2Cl)cc1)=N\O.